The SMILES string of the molecule is C[C@@H](c1ccc(S(=O)[O-])cc1)C(F)F. The minimum absolute atomic E-state index is 0.107. The molecule has 0 spiro atoms. The Morgan fingerprint density at radius 2 is 1.79 bits per heavy atom. The molecule has 2 nitrogen and oxygen atoms in total. The quantitative estimate of drug-likeness (QED) is 0.732. The van der Waals surface area contributed by atoms with Crippen molar-refractivity contribution >= 4 is 11.1 Å². The van der Waals surface area contributed by atoms with E-state index in [9.17, 15) is 17.5 Å². The van der Waals surface area contributed by atoms with Gasteiger partial charge in [-0.3, -0.25) is 4.21 Å². The molecule has 0 bridgehead atoms. The van der Waals surface area contributed by atoms with Crippen LogP contribution in [-0.4, -0.2) is 15.2 Å². The molecule has 14 heavy (non-hydrogen) atoms. The van der Waals surface area contributed by atoms with Gasteiger partial charge in [0.2, 0.25) is 6.43 Å². The van der Waals surface area contributed by atoms with Crippen LogP contribution in [0.25, 0.3) is 0 Å². The monoisotopic (exact) mass is 219 g/mol. The van der Waals surface area contributed by atoms with Crippen LogP contribution in [0.1, 0.15) is 18.4 Å². The van der Waals surface area contributed by atoms with Crippen molar-refractivity contribution in [1.29, 1.82) is 0 Å². The molecule has 0 heterocycles. The summed E-state index contributed by atoms with van der Waals surface area (Å²) in [5.41, 5.74) is 0.439. The Balaban J connectivity index is 2.88. The van der Waals surface area contributed by atoms with Crippen LogP contribution in [0.3, 0.4) is 0 Å². The van der Waals surface area contributed by atoms with Crippen molar-refractivity contribution in [2.45, 2.75) is 24.2 Å². The fraction of sp³-hybridized carbons (Fsp3) is 0.333. The lowest BCUT2D eigenvalue weighted by Crippen LogP contribution is -2.04. The Kier molecular flexibility index (Phi) is 3.71. The first-order chi connectivity index (χ1) is 6.52. The molecule has 1 aromatic carbocycles. The van der Waals surface area contributed by atoms with Crippen LogP contribution in [0.2, 0.25) is 0 Å². The molecule has 0 fully saturated rings. The van der Waals surface area contributed by atoms with Gasteiger partial charge in [-0.05, 0) is 28.8 Å². The Hall–Kier alpha value is -0.810. The molecule has 78 valence electrons. The number of halogens is 2. The molecule has 0 saturated carbocycles. The number of hydrogen-bond donors (Lipinski definition) is 0. The zero-order valence-electron chi connectivity index (χ0n) is 7.44. The van der Waals surface area contributed by atoms with Crippen molar-refractivity contribution < 1.29 is 17.5 Å². The van der Waals surface area contributed by atoms with E-state index in [1.54, 1.807) is 0 Å². The molecule has 0 amide bonds. The third kappa shape index (κ3) is 2.59. The van der Waals surface area contributed by atoms with Crippen LogP contribution >= 0.6 is 0 Å². The maximum absolute atomic E-state index is 12.3. The summed E-state index contributed by atoms with van der Waals surface area (Å²) < 4.78 is 45.4. The minimum Gasteiger partial charge on any atom is -0.768 e. The highest BCUT2D eigenvalue weighted by molar-refractivity contribution is 7.79. The highest BCUT2D eigenvalue weighted by Crippen LogP contribution is 2.23. The second-order valence-corrected chi connectivity index (χ2v) is 3.87. The first kappa shape index (κ1) is 11.3. The maximum atomic E-state index is 12.3. The average molecular weight is 219 g/mol. The van der Waals surface area contributed by atoms with Crippen molar-refractivity contribution in [3.05, 3.63) is 29.8 Å². The van der Waals surface area contributed by atoms with E-state index in [0.717, 1.165) is 0 Å². The molecule has 1 aromatic rings. The normalized spacial score (nSPS) is 15.5. The molecule has 0 aliphatic carbocycles. The highest BCUT2D eigenvalue weighted by Gasteiger charge is 2.16. The summed E-state index contributed by atoms with van der Waals surface area (Å²) in [5.74, 6) is -0.871. The van der Waals surface area contributed by atoms with Gasteiger partial charge in [-0.15, -0.1) is 0 Å². The van der Waals surface area contributed by atoms with Crippen molar-refractivity contribution in [3.8, 4) is 0 Å². The van der Waals surface area contributed by atoms with Gasteiger partial charge in [0.25, 0.3) is 0 Å². The largest absolute Gasteiger partial charge is 0.768 e. The predicted octanol–water partition coefficient (Wildman–Crippen LogP) is 2.29. The summed E-state index contributed by atoms with van der Waals surface area (Å²) in [6, 6.07) is 5.44. The van der Waals surface area contributed by atoms with E-state index in [2.05, 4.69) is 0 Å². The second-order valence-electron chi connectivity index (χ2n) is 2.93. The van der Waals surface area contributed by atoms with Crippen molar-refractivity contribution in [3.63, 3.8) is 0 Å². The lowest BCUT2D eigenvalue weighted by molar-refractivity contribution is 0.121. The average Bonchev–Trinajstić information content (AvgIpc) is 2.16. The molecular weight excluding hydrogens is 210 g/mol. The molecule has 0 saturated heterocycles. The van der Waals surface area contributed by atoms with Crippen molar-refractivity contribution in [2.24, 2.45) is 0 Å². The summed E-state index contributed by atoms with van der Waals surface area (Å²) in [4.78, 5) is 0.107. The van der Waals surface area contributed by atoms with Gasteiger partial charge in [0.1, 0.15) is 0 Å². The van der Waals surface area contributed by atoms with E-state index >= 15 is 0 Å². The van der Waals surface area contributed by atoms with Gasteiger partial charge < -0.3 is 4.55 Å². The number of rotatable bonds is 3. The zero-order chi connectivity index (χ0) is 10.7. The third-order valence-electron chi connectivity index (χ3n) is 1.98. The molecule has 0 N–H and O–H groups in total. The summed E-state index contributed by atoms with van der Waals surface area (Å²) in [5, 5.41) is 0. The zero-order valence-corrected chi connectivity index (χ0v) is 8.26. The number of alkyl halides is 2. The van der Waals surface area contributed by atoms with Crippen LogP contribution in [0.5, 0.6) is 0 Å². The predicted molar refractivity (Wildman–Crippen MR) is 48.0 cm³/mol. The first-order valence-electron chi connectivity index (χ1n) is 3.99. The molecule has 5 heteroatoms. The van der Waals surface area contributed by atoms with Gasteiger partial charge in [-0.25, -0.2) is 8.78 Å². The maximum Gasteiger partial charge on any atom is 0.245 e. The fourth-order valence-electron chi connectivity index (χ4n) is 1.03. The molecule has 1 unspecified atom stereocenters. The Morgan fingerprint density at radius 3 is 2.14 bits per heavy atom. The van der Waals surface area contributed by atoms with E-state index < -0.39 is 23.4 Å². The molecular formula is C9H9F2O2S-. The van der Waals surface area contributed by atoms with Gasteiger partial charge in [0.05, 0.1) is 0 Å². The van der Waals surface area contributed by atoms with E-state index in [4.69, 9.17) is 0 Å². The molecule has 2 atom stereocenters. The van der Waals surface area contributed by atoms with E-state index in [1.807, 2.05) is 0 Å². The van der Waals surface area contributed by atoms with Crippen LogP contribution < -0.4 is 0 Å². The van der Waals surface area contributed by atoms with Gasteiger partial charge in [0.15, 0.2) is 0 Å². The Bertz CT molecular complexity index is 324. The van der Waals surface area contributed by atoms with E-state index in [-0.39, 0.29) is 4.90 Å². The van der Waals surface area contributed by atoms with Crippen LogP contribution in [0.4, 0.5) is 8.78 Å². The molecule has 1 rings (SSSR count). The molecule has 0 aromatic heterocycles. The van der Waals surface area contributed by atoms with Gasteiger partial charge >= 0.3 is 0 Å². The Labute approximate surface area is 83.2 Å². The highest BCUT2D eigenvalue weighted by atomic mass is 32.2. The van der Waals surface area contributed by atoms with Crippen molar-refractivity contribution in [1.82, 2.24) is 0 Å². The topological polar surface area (TPSA) is 40.1 Å². The Morgan fingerprint density at radius 1 is 1.29 bits per heavy atom. The lowest BCUT2D eigenvalue weighted by atomic mass is 10.0. The number of hydrogen-bond acceptors (Lipinski definition) is 2. The van der Waals surface area contributed by atoms with E-state index in [1.165, 1.54) is 31.2 Å². The minimum atomic E-state index is -2.43. The summed E-state index contributed by atoms with van der Waals surface area (Å²) in [6.45, 7) is 1.40. The molecule has 0 radical (unpaired) electrons. The van der Waals surface area contributed by atoms with Crippen molar-refractivity contribution in [2.75, 3.05) is 0 Å². The fourth-order valence-corrected chi connectivity index (χ4v) is 1.39. The second kappa shape index (κ2) is 4.61. The van der Waals surface area contributed by atoms with Gasteiger partial charge in [-0.2, -0.15) is 0 Å². The summed E-state index contributed by atoms with van der Waals surface area (Å²) in [6.07, 6.45) is -2.43. The van der Waals surface area contributed by atoms with Gasteiger partial charge in [-0.1, -0.05) is 19.1 Å². The molecule has 0 aliphatic heterocycles. The summed E-state index contributed by atoms with van der Waals surface area (Å²) >= 11 is -2.30. The lowest BCUT2D eigenvalue weighted by Gasteiger charge is -2.11. The number of benzene rings is 1. The smallest absolute Gasteiger partial charge is 0.245 e. The van der Waals surface area contributed by atoms with Crippen LogP contribution in [0, 0.1) is 0 Å². The van der Waals surface area contributed by atoms with E-state index in [0.29, 0.717) is 5.56 Å². The summed E-state index contributed by atoms with van der Waals surface area (Å²) in [7, 11) is 0. The third-order valence-corrected chi connectivity index (χ3v) is 2.63. The van der Waals surface area contributed by atoms with Gasteiger partial charge in [0, 0.05) is 10.8 Å². The van der Waals surface area contributed by atoms with Crippen LogP contribution in [-0.2, 0) is 11.1 Å². The van der Waals surface area contributed by atoms with Crippen LogP contribution in [0.15, 0.2) is 29.2 Å². The molecule has 0 aliphatic rings. The standard InChI is InChI=1S/C9H10F2O2S/c1-6(9(10)11)7-2-4-8(5-3-7)14(12)13/h2-6,9H,1H3,(H,12,13)/p-1/t6-/m0/s1. The first-order valence-corrected chi connectivity index (χ1v) is 5.07.